The van der Waals surface area contributed by atoms with Crippen molar-refractivity contribution in [2.24, 2.45) is 0 Å². The topological polar surface area (TPSA) is 12.0 Å². The highest BCUT2D eigenvalue weighted by molar-refractivity contribution is 5.71. The van der Waals surface area contributed by atoms with Crippen LogP contribution in [-0.2, 0) is 0 Å². The third kappa shape index (κ3) is 2.58. The Labute approximate surface area is 123 Å². The predicted octanol–water partition coefficient (Wildman–Crippen LogP) is 5.59. The van der Waals surface area contributed by atoms with Crippen LogP contribution in [0.5, 0.6) is 0 Å². The van der Waals surface area contributed by atoms with Gasteiger partial charge in [0.2, 0.25) is 0 Å². The van der Waals surface area contributed by atoms with Crippen molar-refractivity contribution in [2.45, 2.75) is 48.5 Å². The summed E-state index contributed by atoms with van der Waals surface area (Å²) in [6, 6.07) is 6.73. The predicted molar refractivity (Wildman–Crippen MR) is 89.3 cm³/mol. The first-order valence-electron chi connectivity index (χ1n) is 7.23. The van der Waals surface area contributed by atoms with Gasteiger partial charge in [-0.15, -0.1) is 0 Å². The molecule has 0 amide bonds. The largest absolute Gasteiger partial charge is 0.355 e. The van der Waals surface area contributed by atoms with Crippen LogP contribution in [0, 0.1) is 48.5 Å². The molecule has 0 aliphatic rings. The standard InChI is InChI=1S/C19H25N/c1-11-8-13(3)19(14(4)9-11)20-18-10-12(2)15(5)16(6)17(18)7/h8-10,20H,1-7H3. The molecule has 20 heavy (non-hydrogen) atoms. The van der Waals surface area contributed by atoms with Gasteiger partial charge < -0.3 is 5.32 Å². The Morgan fingerprint density at radius 3 is 1.70 bits per heavy atom. The highest BCUT2D eigenvalue weighted by Crippen LogP contribution is 2.31. The molecule has 2 aromatic carbocycles. The van der Waals surface area contributed by atoms with E-state index in [1.807, 2.05) is 0 Å². The van der Waals surface area contributed by atoms with Gasteiger partial charge in [-0.2, -0.15) is 0 Å². The van der Waals surface area contributed by atoms with Crippen LogP contribution < -0.4 is 5.32 Å². The van der Waals surface area contributed by atoms with Crippen LogP contribution in [0.15, 0.2) is 18.2 Å². The van der Waals surface area contributed by atoms with Gasteiger partial charge in [-0.05, 0) is 87.9 Å². The molecule has 0 unspecified atom stereocenters. The van der Waals surface area contributed by atoms with Crippen LogP contribution in [0.1, 0.15) is 38.9 Å². The van der Waals surface area contributed by atoms with Gasteiger partial charge in [0, 0.05) is 11.4 Å². The van der Waals surface area contributed by atoms with Crippen molar-refractivity contribution in [2.75, 3.05) is 5.32 Å². The van der Waals surface area contributed by atoms with Gasteiger partial charge in [0.15, 0.2) is 0 Å². The lowest BCUT2D eigenvalue weighted by Gasteiger charge is -2.19. The molecule has 0 bridgehead atoms. The second-order valence-corrected chi connectivity index (χ2v) is 6.01. The van der Waals surface area contributed by atoms with E-state index in [1.54, 1.807) is 0 Å². The van der Waals surface area contributed by atoms with Crippen molar-refractivity contribution in [1.82, 2.24) is 0 Å². The third-order valence-corrected chi connectivity index (χ3v) is 4.42. The van der Waals surface area contributed by atoms with Gasteiger partial charge in [0.05, 0.1) is 0 Å². The van der Waals surface area contributed by atoms with Gasteiger partial charge in [-0.1, -0.05) is 17.7 Å². The van der Waals surface area contributed by atoms with Crippen molar-refractivity contribution in [3.05, 3.63) is 57.1 Å². The maximum absolute atomic E-state index is 3.64. The highest BCUT2D eigenvalue weighted by atomic mass is 14.9. The summed E-state index contributed by atoms with van der Waals surface area (Å²) in [4.78, 5) is 0. The average molecular weight is 267 g/mol. The highest BCUT2D eigenvalue weighted by Gasteiger charge is 2.10. The SMILES string of the molecule is Cc1cc(C)c(Nc2cc(C)c(C)c(C)c2C)c(C)c1. The smallest absolute Gasteiger partial charge is 0.0443 e. The molecular formula is C19H25N. The lowest BCUT2D eigenvalue weighted by atomic mass is 9.97. The van der Waals surface area contributed by atoms with Crippen LogP contribution in [0.25, 0.3) is 0 Å². The second-order valence-electron chi connectivity index (χ2n) is 6.01. The summed E-state index contributed by atoms with van der Waals surface area (Å²) in [6.07, 6.45) is 0. The molecule has 0 atom stereocenters. The number of anilines is 2. The zero-order valence-electron chi connectivity index (χ0n) is 13.7. The molecule has 0 aliphatic heterocycles. The first-order chi connectivity index (χ1) is 9.31. The summed E-state index contributed by atoms with van der Waals surface area (Å²) in [5.74, 6) is 0. The number of benzene rings is 2. The number of aryl methyl sites for hydroxylation is 4. The van der Waals surface area contributed by atoms with Crippen molar-refractivity contribution in [3.8, 4) is 0 Å². The number of rotatable bonds is 2. The van der Waals surface area contributed by atoms with Crippen molar-refractivity contribution >= 4 is 11.4 Å². The van der Waals surface area contributed by atoms with E-state index in [4.69, 9.17) is 0 Å². The minimum atomic E-state index is 1.22. The average Bonchev–Trinajstić information content (AvgIpc) is 2.37. The van der Waals surface area contributed by atoms with E-state index in [1.165, 1.54) is 50.3 Å². The molecule has 0 fully saturated rings. The quantitative estimate of drug-likeness (QED) is 0.748. The fourth-order valence-corrected chi connectivity index (χ4v) is 2.85. The molecule has 2 rings (SSSR count). The lowest BCUT2D eigenvalue weighted by Crippen LogP contribution is -2.02. The Morgan fingerprint density at radius 1 is 0.600 bits per heavy atom. The minimum absolute atomic E-state index is 1.22. The minimum Gasteiger partial charge on any atom is -0.355 e. The van der Waals surface area contributed by atoms with Crippen molar-refractivity contribution in [1.29, 1.82) is 0 Å². The van der Waals surface area contributed by atoms with E-state index < -0.39 is 0 Å². The monoisotopic (exact) mass is 267 g/mol. The molecular weight excluding hydrogens is 242 g/mol. The molecule has 0 heterocycles. The molecule has 0 saturated carbocycles. The summed E-state index contributed by atoms with van der Waals surface area (Å²) >= 11 is 0. The first-order valence-corrected chi connectivity index (χ1v) is 7.23. The molecule has 1 heteroatoms. The molecule has 1 N–H and O–H groups in total. The lowest BCUT2D eigenvalue weighted by molar-refractivity contribution is 1.21. The van der Waals surface area contributed by atoms with Crippen molar-refractivity contribution < 1.29 is 0 Å². The zero-order chi connectivity index (χ0) is 15.0. The maximum Gasteiger partial charge on any atom is 0.0443 e. The number of hydrogen-bond acceptors (Lipinski definition) is 1. The van der Waals surface area contributed by atoms with Gasteiger partial charge in [-0.3, -0.25) is 0 Å². The third-order valence-electron chi connectivity index (χ3n) is 4.42. The molecule has 0 aliphatic carbocycles. The van der Waals surface area contributed by atoms with Crippen LogP contribution in [0.2, 0.25) is 0 Å². The fourth-order valence-electron chi connectivity index (χ4n) is 2.85. The Bertz CT molecular complexity index is 643. The summed E-state index contributed by atoms with van der Waals surface area (Å²) in [7, 11) is 0. The maximum atomic E-state index is 3.64. The molecule has 0 radical (unpaired) electrons. The molecule has 0 aromatic heterocycles. The second kappa shape index (κ2) is 5.32. The van der Waals surface area contributed by atoms with E-state index in [0.29, 0.717) is 0 Å². The summed E-state index contributed by atoms with van der Waals surface area (Å²) < 4.78 is 0. The van der Waals surface area contributed by atoms with Gasteiger partial charge >= 0.3 is 0 Å². The molecule has 2 aromatic rings. The van der Waals surface area contributed by atoms with Crippen LogP contribution in [0.4, 0.5) is 11.4 Å². The number of hydrogen-bond donors (Lipinski definition) is 1. The molecule has 1 nitrogen and oxygen atoms in total. The Hall–Kier alpha value is -1.76. The van der Waals surface area contributed by atoms with E-state index in [9.17, 15) is 0 Å². The zero-order valence-corrected chi connectivity index (χ0v) is 13.7. The van der Waals surface area contributed by atoms with E-state index in [2.05, 4.69) is 72.0 Å². The Kier molecular flexibility index (Phi) is 3.89. The molecule has 106 valence electrons. The van der Waals surface area contributed by atoms with Gasteiger partial charge in [0.25, 0.3) is 0 Å². The van der Waals surface area contributed by atoms with Gasteiger partial charge in [-0.25, -0.2) is 0 Å². The summed E-state index contributed by atoms with van der Waals surface area (Å²) in [5.41, 5.74) is 11.8. The number of nitrogens with one attached hydrogen (secondary N) is 1. The van der Waals surface area contributed by atoms with Crippen LogP contribution >= 0.6 is 0 Å². The molecule has 0 spiro atoms. The van der Waals surface area contributed by atoms with E-state index >= 15 is 0 Å². The van der Waals surface area contributed by atoms with Crippen molar-refractivity contribution in [3.63, 3.8) is 0 Å². The van der Waals surface area contributed by atoms with Gasteiger partial charge in [0.1, 0.15) is 0 Å². The Morgan fingerprint density at radius 2 is 1.15 bits per heavy atom. The summed E-state index contributed by atoms with van der Waals surface area (Å²) in [5, 5.41) is 3.64. The fraction of sp³-hybridized carbons (Fsp3) is 0.368. The Balaban J connectivity index is 2.51. The summed E-state index contributed by atoms with van der Waals surface area (Å²) in [6.45, 7) is 15.3. The van der Waals surface area contributed by atoms with E-state index in [0.717, 1.165) is 0 Å². The molecule has 0 saturated heterocycles. The van der Waals surface area contributed by atoms with Crippen LogP contribution in [0.3, 0.4) is 0 Å². The first kappa shape index (κ1) is 14.6. The normalized spacial score (nSPS) is 10.8. The van der Waals surface area contributed by atoms with Crippen LogP contribution in [-0.4, -0.2) is 0 Å². The van der Waals surface area contributed by atoms with E-state index in [-0.39, 0.29) is 0 Å².